The summed E-state index contributed by atoms with van der Waals surface area (Å²) in [4.78, 5) is 4.00. The third-order valence-electron chi connectivity index (χ3n) is 2.46. The van der Waals surface area contributed by atoms with Gasteiger partial charge in [0.25, 0.3) is 0 Å². The molecule has 2 rings (SSSR count). The van der Waals surface area contributed by atoms with Crippen LogP contribution in [-0.2, 0) is 0 Å². The second-order valence-electron chi connectivity index (χ2n) is 3.66. The second-order valence-corrected chi connectivity index (χ2v) is 5.01. The molecule has 17 heavy (non-hydrogen) atoms. The molecule has 0 aliphatic carbocycles. The summed E-state index contributed by atoms with van der Waals surface area (Å²) in [5, 5.41) is 0.527. The van der Waals surface area contributed by atoms with Gasteiger partial charge in [-0.25, -0.2) is 4.98 Å². The highest BCUT2D eigenvalue weighted by Crippen LogP contribution is 2.27. The van der Waals surface area contributed by atoms with Gasteiger partial charge in [-0.3, -0.25) is 0 Å². The fraction of sp³-hybridized carbons (Fsp3) is 0.0833. The fourth-order valence-corrected chi connectivity index (χ4v) is 2.18. The quantitative estimate of drug-likeness (QED) is 0.895. The molecule has 1 aromatic heterocycles. The van der Waals surface area contributed by atoms with Crippen LogP contribution in [0.4, 0.5) is 5.82 Å². The largest absolute Gasteiger partial charge is 0.383 e. The smallest absolute Gasteiger partial charge is 0.128 e. The molecule has 2 aromatic rings. The molecule has 0 saturated heterocycles. The lowest BCUT2D eigenvalue weighted by molar-refractivity contribution is 0.867. The topological polar surface area (TPSA) is 64.9 Å². The first-order chi connectivity index (χ1) is 8.08. The van der Waals surface area contributed by atoms with E-state index in [1.807, 2.05) is 24.3 Å². The van der Waals surface area contributed by atoms with Crippen LogP contribution < -0.4 is 11.5 Å². The zero-order valence-electron chi connectivity index (χ0n) is 8.90. The highest BCUT2D eigenvalue weighted by Gasteiger charge is 2.13. The lowest BCUT2D eigenvalue weighted by atomic mass is 10.0. The average molecular weight is 313 g/mol. The van der Waals surface area contributed by atoms with E-state index < -0.39 is 0 Å². The molecule has 0 saturated carbocycles. The van der Waals surface area contributed by atoms with E-state index in [0.717, 1.165) is 15.6 Å². The van der Waals surface area contributed by atoms with Crippen molar-refractivity contribution in [2.45, 2.75) is 6.04 Å². The van der Waals surface area contributed by atoms with Gasteiger partial charge < -0.3 is 11.5 Å². The number of nitrogens with zero attached hydrogens (tertiary/aromatic N) is 1. The van der Waals surface area contributed by atoms with E-state index >= 15 is 0 Å². The minimum absolute atomic E-state index is 0.335. The van der Waals surface area contributed by atoms with Crippen LogP contribution in [0.25, 0.3) is 0 Å². The Kier molecular flexibility index (Phi) is 3.66. The summed E-state index contributed by atoms with van der Waals surface area (Å²) < 4.78 is 0.971. The Morgan fingerprint density at radius 3 is 2.76 bits per heavy atom. The van der Waals surface area contributed by atoms with E-state index in [1.165, 1.54) is 6.20 Å². The Hall–Kier alpha value is -1.10. The first-order valence-corrected chi connectivity index (χ1v) is 6.17. The van der Waals surface area contributed by atoms with Crippen molar-refractivity contribution in [3.63, 3.8) is 0 Å². The van der Waals surface area contributed by atoms with Crippen LogP contribution >= 0.6 is 27.5 Å². The first-order valence-electron chi connectivity index (χ1n) is 5.00. The zero-order valence-corrected chi connectivity index (χ0v) is 11.2. The van der Waals surface area contributed by atoms with Gasteiger partial charge in [0.2, 0.25) is 0 Å². The normalized spacial score (nSPS) is 12.4. The maximum absolute atomic E-state index is 6.16. The van der Waals surface area contributed by atoms with E-state index in [-0.39, 0.29) is 6.04 Å². The van der Waals surface area contributed by atoms with E-state index in [9.17, 15) is 0 Å². The monoisotopic (exact) mass is 311 g/mol. The predicted octanol–water partition coefficient (Wildman–Crippen LogP) is 3.13. The maximum atomic E-state index is 6.16. The SMILES string of the molecule is Nc1ncc(Cl)cc1C(N)c1cccc(Br)c1. The number of anilines is 1. The van der Waals surface area contributed by atoms with Crippen LogP contribution in [0.2, 0.25) is 5.02 Å². The van der Waals surface area contributed by atoms with Gasteiger partial charge in [0.05, 0.1) is 11.1 Å². The van der Waals surface area contributed by atoms with Gasteiger partial charge in [0.15, 0.2) is 0 Å². The Morgan fingerprint density at radius 2 is 2.06 bits per heavy atom. The van der Waals surface area contributed by atoms with Crippen molar-refractivity contribution in [1.29, 1.82) is 0 Å². The van der Waals surface area contributed by atoms with E-state index in [2.05, 4.69) is 20.9 Å². The molecule has 0 aliphatic heterocycles. The van der Waals surface area contributed by atoms with Crippen LogP contribution in [-0.4, -0.2) is 4.98 Å². The van der Waals surface area contributed by atoms with Gasteiger partial charge in [-0.05, 0) is 23.8 Å². The molecule has 5 heteroatoms. The number of halogens is 2. The van der Waals surface area contributed by atoms with Gasteiger partial charge >= 0.3 is 0 Å². The number of benzene rings is 1. The van der Waals surface area contributed by atoms with E-state index in [1.54, 1.807) is 6.07 Å². The Labute approximate surface area is 113 Å². The molecule has 4 N–H and O–H groups in total. The highest BCUT2D eigenvalue weighted by molar-refractivity contribution is 9.10. The van der Waals surface area contributed by atoms with E-state index in [0.29, 0.717) is 10.8 Å². The van der Waals surface area contributed by atoms with Crippen LogP contribution in [0, 0.1) is 0 Å². The van der Waals surface area contributed by atoms with Crippen molar-refractivity contribution in [2.75, 3.05) is 5.73 Å². The van der Waals surface area contributed by atoms with Crippen molar-refractivity contribution in [2.24, 2.45) is 5.73 Å². The van der Waals surface area contributed by atoms with Crippen molar-refractivity contribution >= 4 is 33.3 Å². The van der Waals surface area contributed by atoms with Crippen LogP contribution in [0.3, 0.4) is 0 Å². The molecule has 1 aromatic carbocycles. The highest BCUT2D eigenvalue weighted by atomic mass is 79.9. The van der Waals surface area contributed by atoms with Crippen molar-refractivity contribution < 1.29 is 0 Å². The maximum Gasteiger partial charge on any atom is 0.128 e. The standard InChI is InChI=1S/C12H11BrClN3/c13-8-3-1-2-7(4-8)11(15)10-5-9(14)6-17-12(10)16/h1-6,11H,15H2,(H2,16,17). The summed E-state index contributed by atoms with van der Waals surface area (Å²) in [5.74, 6) is 0.405. The minimum atomic E-state index is -0.335. The summed E-state index contributed by atoms with van der Waals surface area (Å²) in [5.41, 5.74) is 13.6. The minimum Gasteiger partial charge on any atom is -0.383 e. The van der Waals surface area contributed by atoms with Crippen LogP contribution in [0.5, 0.6) is 0 Å². The number of hydrogen-bond acceptors (Lipinski definition) is 3. The predicted molar refractivity (Wildman–Crippen MR) is 73.8 cm³/mol. The second kappa shape index (κ2) is 5.04. The molecule has 0 bridgehead atoms. The van der Waals surface area contributed by atoms with Crippen molar-refractivity contribution in [3.05, 3.63) is 57.2 Å². The zero-order chi connectivity index (χ0) is 12.4. The van der Waals surface area contributed by atoms with Gasteiger partial charge in [-0.15, -0.1) is 0 Å². The lowest BCUT2D eigenvalue weighted by Gasteiger charge is -2.14. The fourth-order valence-electron chi connectivity index (χ4n) is 1.59. The van der Waals surface area contributed by atoms with E-state index in [4.69, 9.17) is 23.1 Å². The molecular formula is C12H11BrClN3. The van der Waals surface area contributed by atoms with Gasteiger partial charge in [0.1, 0.15) is 5.82 Å². The number of pyridine rings is 1. The Balaban J connectivity index is 2.43. The number of aromatic nitrogens is 1. The molecule has 1 heterocycles. The molecule has 0 radical (unpaired) electrons. The summed E-state index contributed by atoms with van der Waals surface area (Å²) in [7, 11) is 0. The van der Waals surface area contributed by atoms with Crippen molar-refractivity contribution in [3.8, 4) is 0 Å². The Morgan fingerprint density at radius 1 is 1.29 bits per heavy atom. The van der Waals surface area contributed by atoms with Gasteiger partial charge in [-0.1, -0.05) is 39.7 Å². The molecule has 0 fully saturated rings. The number of nitrogen functional groups attached to an aromatic ring is 1. The molecule has 0 spiro atoms. The molecule has 1 atom stereocenters. The van der Waals surface area contributed by atoms with Gasteiger partial charge in [0, 0.05) is 16.2 Å². The van der Waals surface area contributed by atoms with Gasteiger partial charge in [-0.2, -0.15) is 0 Å². The first kappa shape index (κ1) is 12.4. The Bertz CT molecular complexity index is 545. The van der Waals surface area contributed by atoms with Crippen molar-refractivity contribution in [1.82, 2.24) is 4.98 Å². The summed E-state index contributed by atoms with van der Waals surface area (Å²) >= 11 is 9.30. The third kappa shape index (κ3) is 2.77. The molecular weight excluding hydrogens is 302 g/mol. The number of nitrogens with two attached hydrogens (primary N) is 2. The van der Waals surface area contributed by atoms with Crippen LogP contribution in [0.15, 0.2) is 41.0 Å². The third-order valence-corrected chi connectivity index (χ3v) is 3.16. The summed E-state index contributed by atoms with van der Waals surface area (Å²) in [6.45, 7) is 0. The molecule has 0 amide bonds. The number of hydrogen-bond donors (Lipinski definition) is 2. The molecule has 0 aliphatic rings. The molecule has 88 valence electrons. The number of rotatable bonds is 2. The molecule has 1 unspecified atom stereocenters. The summed E-state index contributed by atoms with van der Waals surface area (Å²) in [6.07, 6.45) is 1.51. The molecule has 3 nitrogen and oxygen atoms in total. The summed E-state index contributed by atoms with van der Waals surface area (Å²) in [6, 6.07) is 9.16. The lowest BCUT2D eigenvalue weighted by Crippen LogP contribution is -2.14. The van der Waals surface area contributed by atoms with Crippen LogP contribution in [0.1, 0.15) is 17.2 Å². The average Bonchev–Trinajstić information content (AvgIpc) is 2.31.